The van der Waals surface area contributed by atoms with Crippen LogP contribution >= 0.6 is 0 Å². The molecule has 0 heterocycles. The van der Waals surface area contributed by atoms with Gasteiger partial charge in [0.1, 0.15) is 0 Å². The van der Waals surface area contributed by atoms with Crippen molar-refractivity contribution in [1.29, 1.82) is 0 Å². The van der Waals surface area contributed by atoms with Crippen LogP contribution in [-0.2, 0) is 28.9 Å². The molecule has 0 aromatic rings. The van der Waals surface area contributed by atoms with Crippen molar-refractivity contribution in [2.45, 2.75) is 18.4 Å². The van der Waals surface area contributed by atoms with Gasteiger partial charge in [-0.15, -0.1) is 0 Å². The number of carboxylic acid groups (broad SMARTS) is 4. The van der Waals surface area contributed by atoms with Crippen LogP contribution in [0.1, 0.15) is 12.8 Å². The van der Waals surface area contributed by atoms with E-state index in [0.29, 0.717) is 0 Å². The summed E-state index contributed by atoms with van der Waals surface area (Å²) in [6.45, 7) is -2.04. The molecule has 6 N–H and O–H groups in total. The molecule has 0 spiro atoms. The summed E-state index contributed by atoms with van der Waals surface area (Å²) in [7, 11) is 0. The monoisotopic (exact) mass is 324 g/mol. The molecule has 0 aliphatic carbocycles. The lowest BCUT2D eigenvalue weighted by molar-refractivity contribution is -0.156. The van der Waals surface area contributed by atoms with Crippen LogP contribution in [0.15, 0.2) is 0 Å². The average molecular weight is 324 g/mol. The van der Waals surface area contributed by atoms with Gasteiger partial charge in [0.05, 0.1) is 18.4 Å². The molecule has 12 heteroatoms. The molecule has 0 unspecified atom stereocenters. The Morgan fingerprint density at radius 3 is 1.64 bits per heavy atom. The topological polar surface area (TPSA) is 192 Å². The lowest BCUT2D eigenvalue weighted by Crippen LogP contribution is -2.55. The molecular formula is C10H16N2O10. The van der Waals surface area contributed by atoms with Gasteiger partial charge in [-0.05, 0) is 0 Å². The van der Waals surface area contributed by atoms with Gasteiger partial charge in [0, 0.05) is 6.54 Å². The predicted octanol–water partition coefficient (Wildman–Crippen LogP) is -2.11. The number of rotatable bonds is 13. The maximum absolute atomic E-state index is 10.9. The van der Waals surface area contributed by atoms with Crippen molar-refractivity contribution in [1.82, 2.24) is 11.0 Å². The Morgan fingerprint density at radius 1 is 0.773 bits per heavy atom. The first-order valence-corrected chi connectivity index (χ1v) is 5.77. The summed E-state index contributed by atoms with van der Waals surface area (Å²) in [6.07, 6.45) is -1.50. The second-order valence-corrected chi connectivity index (χ2v) is 4.21. The quantitative estimate of drug-likeness (QED) is 0.160. The maximum atomic E-state index is 10.9. The number of hydrogen-bond donors (Lipinski definition) is 6. The van der Waals surface area contributed by atoms with Crippen molar-refractivity contribution in [2.75, 3.05) is 19.8 Å². The van der Waals surface area contributed by atoms with Crippen LogP contribution < -0.4 is 11.0 Å². The maximum Gasteiger partial charge on any atom is 0.331 e. The van der Waals surface area contributed by atoms with Gasteiger partial charge in [0.15, 0.2) is 13.2 Å². The fourth-order valence-electron chi connectivity index (χ4n) is 1.43. The summed E-state index contributed by atoms with van der Waals surface area (Å²) in [4.78, 5) is 51.4. The largest absolute Gasteiger partial charge is 0.481 e. The van der Waals surface area contributed by atoms with E-state index >= 15 is 0 Å². The Hall–Kier alpha value is -2.28. The van der Waals surface area contributed by atoms with Gasteiger partial charge in [0.25, 0.3) is 0 Å². The summed E-state index contributed by atoms with van der Waals surface area (Å²) >= 11 is 0. The van der Waals surface area contributed by atoms with Crippen LogP contribution in [0.5, 0.6) is 0 Å². The molecule has 0 saturated carbocycles. The normalized spacial score (nSPS) is 11.1. The smallest absolute Gasteiger partial charge is 0.331 e. The molecule has 0 radical (unpaired) electrons. The second kappa shape index (κ2) is 9.62. The molecule has 0 saturated heterocycles. The number of carboxylic acids is 4. The zero-order valence-electron chi connectivity index (χ0n) is 11.3. The van der Waals surface area contributed by atoms with E-state index in [4.69, 9.17) is 20.4 Å². The number of nitrogens with one attached hydrogen (secondary N) is 2. The minimum atomic E-state index is -1.74. The molecule has 0 atom stereocenters. The lowest BCUT2D eigenvalue weighted by atomic mass is 9.92. The Balaban J connectivity index is 4.83. The minimum absolute atomic E-state index is 0.460. The molecule has 22 heavy (non-hydrogen) atoms. The highest BCUT2D eigenvalue weighted by molar-refractivity contribution is 5.73. The molecule has 0 fully saturated rings. The van der Waals surface area contributed by atoms with E-state index in [1.807, 2.05) is 0 Å². The fraction of sp³-hybridized carbons (Fsp3) is 0.600. The van der Waals surface area contributed by atoms with Gasteiger partial charge in [-0.1, -0.05) is 0 Å². The van der Waals surface area contributed by atoms with Crippen molar-refractivity contribution in [3.63, 3.8) is 0 Å². The predicted molar refractivity (Wildman–Crippen MR) is 65.6 cm³/mol. The molecule has 12 nitrogen and oxygen atoms in total. The minimum Gasteiger partial charge on any atom is -0.481 e. The Labute approximate surface area is 123 Å². The lowest BCUT2D eigenvalue weighted by Gasteiger charge is -2.31. The Morgan fingerprint density at radius 2 is 1.23 bits per heavy atom. The van der Waals surface area contributed by atoms with Crippen molar-refractivity contribution >= 4 is 23.9 Å². The van der Waals surface area contributed by atoms with E-state index in [-0.39, 0.29) is 0 Å². The number of hydroxylamine groups is 2. The van der Waals surface area contributed by atoms with Gasteiger partial charge in [-0.25, -0.2) is 9.59 Å². The molecule has 126 valence electrons. The third kappa shape index (κ3) is 9.60. The molecule has 0 rings (SSSR count). The third-order valence-electron chi connectivity index (χ3n) is 2.17. The van der Waals surface area contributed by atoms with Gasteiger partial charge in [-0.2, -0.15) is 11.0 Å². The standard InChI is InChI=1S/C10H16N2O10/c13-6(14)1-10(2-7(15)16,12-22-4-9(19)20)5-11-21-3-8(17)18/h11-12H,1-5H2,(H,13,14)(H,15,16)(H,17,18)(H,19,20). The molecule has 0 aliphatic heterocycles. The molecule has 0 aromatic carbocycles. The SMILES string of the molecule is O=C(O)CONCC(CC(=O)O)(CC(=O)O)NOCC(=O)O. The summed E-state index contributed by atoms with van der Waals surface area (Å²) in [5.41, 5.74) is 2.45. The molecule has 0 aliphatic rings. The van der Waals surface area contributed by atoms with Crippen LogP contribution in [0.2, 0.25) is 0 Å². The van der Waals surface area contributed by atoms with E-state index in [0.717, 1.165) is 0 Å². The first-order valence-electron chi connectivity index (χ1n) is 5.77. The molecular weight excluding hydrogens is 308 g/mol. The molecule has 0 aromatic heterocycles. The molecule has 0 amide bonds. The van der Waals surface area contributed by atoms with E-state index in [1.165, 1.54) is 0 Å². The van der Waals surface area contributed by atoms with E-state index in [9.17, 15) is 19.2 Å². The highest BCUT2D eigenvalue weighted by atomic mass is 16.7. The van der Waals surface area contributed by atoms with Gasteiger partial charge in [0.2, 0.25) is 0 Å². The van der Waals surface area contributed by atoms with Crippen LogP contribution in [0.4, 0.5) is 0 Å². The van der Waals surface area contributed by atoms with Crippen molar-refractivity contribution < 1.29 is 49.3 Å². The van der Waals surface area contributed by atoms with Crippen molar-refractivity contribution in [3.8, 4) is 0 Å². The highest BCUT2D eigenvalue weighted by Crippen LogP contribution is 2.15. The Bertz CT molecular complexity index is 408. The number of aliphatic carboxylic acids is 4. The van der Waals surface area contributed by atoms with E-state index in [1.54, 1.807) is 0 Å². The number of carbonyl (C=O) groups is 4. The highest BCUT2D eigenvalue weighted by Gasteiger charge is 2.36. The van der Waals surface area contributed by atoms with Gasteiger partial charge >= 0.3 is 23.9 Å². The summed E-state index contributed by atoms with van der Waals surface area (Å²) in [6, 6.07) is 0. The average Bonchev–Trinajstić information content (AvgIpc) is 2.32. The first-order chi connectivity index (χ1) is 10.2. The second-order valence-electron chi connectivity index (χ2n) is 4.21. The summed E-state index contributed by atoms with van der Waals surface area (Å²) in [5.74, 6) is -5.42. The zero-order chi connectivity index (χ0) is 17.2. The van der Waals surface area contributed by atoms with Crippen molar-refractivity contribution in [3.05, 3.63) is 0 Å². The molecule has 0 bridgehead atoms. The van der Waals surface area contributed by atoms with Crippen molar-refractivity contribution in [2.24, 2.45) is 0 Å². The number of hydrogen-bond acceptors (Lipinski definition) is 8. The van der Waals surface area contributed by atoms with Crippen LogP contribution in [0, 0.1) is 0 Å². The first kappa shape index (κ1) is 19.7. The summed E-state index contributed by atoms with van der Waals surface area (Å²) < 4.78 is 0. The van der Waals surface area contributed by atoms with Gasteiger partial charge in [-0.3, -0.25) is 19.3 Å². The van der Waals surface area contributed by atoms with Crippen LogP contribution in [-0.4, -0.2) is 69.6 Å². The van der Waals surface area contributed by atoms with Gasteiger partial charge < -0.3 is 20.4 Å². The van der Waals surface area contributed by atoms with E-state index in [2.05, 4.69) is 20.6 Å². The fourth-order valence-corrected chi connectivity index (χ4v) is 1.43. The van der Waals surface area contributed by atoms with Crippen LogP contribution in [0.3, 0.4) is 0 Å². The third-order valence-corrected chi connectivity index (χ3v) is 2.17. The zero-order valence-corrected chi connectivity index (χ0v) is 11.3. The van der Waals surface area contributed by atoms with Crippen LogP contribution in [0.25, 0.3) is 0 Å². The van der Waals surface area contributed by atoms with E-state index < -0.39 is 62.0 Å². The Kier molecular flexibility index (Phi) is 8.62. The summed E-state index contributed by atoms with van der Waals surface area (Å²) in [5, 5.41) is 34.5.